The summed E-state index contributed by atoms with van der Waals surface area (Å²) < 4.78 is 0. The van der Waals surface area contributed by atoms with E-state index in [1.165, 1.54) is 11.1 Å². The summed E-state index contributed by atoms with van der Waals surface area (Å²) in [6, 6.07) is 5.79. The van der Waals surface area contributed by atoms with Gasteiger partial charge in [-0.25, -0.2) is 0 Å². The summed E-state index contributed by atoms with van der Waals surface area (Å²) in [4.78, 5) is 0. The molecule has 62 valence electrons. The van der Waals surface area contributed by atoms with Gasteiger partial charge in [-0.05, 0) is 30.5 Å². The predicted molar refractivity (Wildman–Crippen MR) is 51.7 cm³/mol. The molecule has 1 rings (SSSR count). The van der Waals surface area contributed by atoms with E-state index in [1.807, 2.05) is 18.2 Å². The van der Waals surface area contributed by atoms with E-state index in [-0.39, 0.29) is 6.04 Å². The molecule has 12 heavy (non-hydrogen) atoms. The zero-order valence-electron chi connectivity index (χ0n) is 7.46. The van der Waals surface area contributed by atoms with Crippen molar-refractivity contribution >= 4 is 0 Å². The minimum Gasteiger partial charge on any atom is -0.314 e. The van der Waals surface area contributed by atoms with Crippen LogP contribution in [0, 0.1) is 26.2 Å². The molecule has 1 nitrogen and oxygen atoms in total. The maximum atomic E-state index is 5.68. The molecule has 2 N–H and O–H groups in total. The highest BCUT2D eigenvalue weighted by atomic mass is 14.6. The molecule has 1 aromatic carbocycles. The molecule has 0 radical (unpaired) electrons. The number of terminal acetylenes is 1. The van der Waals surface area contributed by atoms with Gasteiger partial charge in [0.15, 0.2) is 0 Å². The van der Waals surface area contributed by atoms with Gasteiger partial charge in [0.25, 0.3) is 0 Å². The maximum Gasteiger partial charge on any atom is 0.0918 e. The van der Waals surface area contributed by atoms with Crippen molar-refractivity contribution in [3.8, 4) is 12.3 Å². The molecule has 0 aliphatic carbocycles. The van der Waals surface area contributed by atoms with Gasteiger partial charge in [-0.1, -0.05) is 24.1 Å². The number of hydrogen-bond donors (Lipinski definition) is 1. The largest absolute Gasteiger partial charge is 0.314 e. The normalized spacial score (nSPS) is 12.2. The molecule has 1 aromatic rings. The van der Waals surface area contributed by atoms with Crippen LogP contribution >= 0.6 is 0 Å². The summed E-state index contributed by atoms with van der Waals surface area (Å²) in [5, 5.41) is 0. The Morgan fingerprint density at radius 3 is 2.50 bits per heavy atom. The van der Waals surface area contributed by atoms with Crippen molar-refractivity contribution < 1.29 is 0 Å². The summed E-state index contributed by atoms with van der Waals surface area (Å²) in [6.45, 7) is 4.13. The van der Waals surface area contributed by atoms with Gasteiger partial charge in [0, 0.05) is 0 Å². The topological polar surface area (TPSA) is 26.0 Å². The smallest absolute Gasteiger partial charge is 0.0918 e. The lowest BCUT2D eigenvalue weighted by atomic mass is 10.0. The monoisotopic (exact) mass is 159 g/mol. The third kappa shape index (κ3) is 1.66. The standard InChI is InChI=1S/C11H13N/c1-4-11(12)10-6-5-8(2)9(3)7-10/h1,5-7,11H,12H2,2-3H3. The van der Waals surface area contributed by atoms with Crippen molar-refractivity contribution in [3.05, 3.63) is 34.9 Å². The quantitative estimate of drug-likeness (QED) is 0.622. The van der Waals surface area contributed by atoms with Gasteiger partial charge >= 0.3 is 0 Å². The molecule has 0 saturated heterocycles. The second-order valence-electron chi connectivity index (χ2n) is 2.99. The van der Waals surface area contributed by atoms with Crippen LogP contribution in [0.25, 0.3) is 0 Å². The van der Waals surface area contributed by atoms with Crippen molar-refractivity contribution in [2.24, 2.45) is 5.73 Å². The van der Waals surface area contributed by atoms with Crippen LogP contribution in [-0.2, 0) is 0 Å². The number of aryl methyl sites for hydroxylation is 2. The van der Waals surface area contributed by atoms with E-state index in [2.05, 4.69) is 19.8 Å². The van der Waals surface area contributed by atoms with E-state index < -0.39 is 0 Å². The summed E-state index contributed by atoms with van der Waals surface area (Å²) >= 11 is 0. The highest BCUT2D eigenvalue weighted by Gasteiger charge is 2.01. The van der Waals surface area contributed by atoms with E-state index in [1.54, 1.807) is 0 Å². The van der Waals surface area contributed by atoms with E-state index in [0.717, 1.165) is 5.56 Å². The third-order valence-electron chi connectivity index (χ3n) is 2.07. The number of rotatable bonds is 1. The molecule has 0 aliphatic heterocycles. The maximum absolute atomic E-state index is 5.68. The van der Waals surface area contributed by atoms with Gasteiger partial charge in [-0.15, -0.1) is 6.42 Å². The summed E-state index contributed by atoms with van der Waals surface area (Å²) in [6.07, 6.45) is 5.22. The van der Waals surface area contributed by atoms with Crippen LogP contribution in [0.5, 0.6) is 0 Å². The first-order chi connectivity index (χ1) is 5.65. The van der Waals surface area contributed by atoms with Crippen molar-refractivity contribution in [2.75, 3.05) is 0 Å². The van der Waals surface area contributed by atoms with Gasteiger partial charge in [0.1, 0.15) is 0 Å². The Kier molecular flexibility index (Phi) is 2.52. The van der Waals surface area contributed by atoms with Crippen molar-refractivity contribution in [2.45, 2.75) is 19.9 Å². The van der Waals surface area contributed by atoms with Crippen LogP contribution in [0.3, 0.4) is 0 Å². The first kappa shape index (κ1) is 8.83. The van der Waals surface area contributed by atoms with E-state index in [9.17, 15) is 0 Å². The summed E-state index contributed by atoms with van der Waals surface area (Å²) in [7, 11) is 0. The van der Waals surface area contributed by atoms with Crippen molar-refractivity contribution in [1.82, 2.24) is 0 Å². The molecule has 0 bridgehead atoms. The Hall–Kier alpha value is -1.26. The van der Waals surface area contributed by atoms with Crippen LogP contribution in [0.2, 0.25) is 0 Å². The first-order valence-corrected chi connectivity index (χ1v) is 3.94. The molecule has 0 saturated carbocycles. The zero-order valence-corrected chi connectivity index (χ0v) is 7.46. The number of hydrogen-bond acceptors (Lipinski definition) is 1. The minimum atomic E-state index is -0.274. The van der Waals surface area contributed by atoms with Crippen molar-refractivity contribution in [1.29, 1.82) is 0 Å². The van der Waals surface area contributed by atoms with Gasteiger partial charge < -0.3 is 5.73 Å². The lowest BCUT2D eigenvalue weighted by molar-refractivity contribution is 0.942. The lowest BCUT2D eigenvalue weighted by Crippen LogP contribution is -2.07. The first-order valence-electron chi connectivity index (χ1n) is 3.94. The van der Waals surface area contributed by atoms with Crippen LogP contribution in [0.1, 0.15) is 22.7 Å². The van der Waals surface area contributed by atoms with Gasteiger partial charge in [-0.3, -0.25) is 0 Å². The average Bonchev–Trinajstić information content (AvgIpc) is 2.08. The molecule has 1 atom stereocenters. The number of nitrogens with two attached hydrogens (primary N) is 1. The zero-order chi connectivity index (χ0) is 9.14. The fourth-order valence-electron chi connectivity index (χ4n) is 1.05. The van der Waals surface area contributed by atoms with Gasteiger partial charge in [0.05, 0.1) is 6.04 Å². The Balaban J connectivity index is 3.06. The predicted octanol–water partition coefficient (Wildman–Crippen LogP) is 1.94. The molecule has 0 amide bonds. The highest BCUT2D eigenvalue weighted by molar-refractivity contribution is 5.34. The molecule has 0 aromatic heterocycles. The molecular formula is C11H13N. The number of benzene rings is 1. The van der Waals surface area contributed by atoms with E-state index >= 15 is 0 Å². The third-order valence-corrected chi connectivity index (χ3v) is 2.07. The Morgan fingerprint density at radius 1 is 1.33 bits per heavy atom. The molecule has 0 heterocycles. The average molecular weight is 159 g/mol. The van der Waals surface area contributed by atoms with Crippen LogP contribution < -0.4 is 5.73 Å². The summed E-state index contributed by atoms with van der Waals surface area (Å²) in [5.74, 6) is 2.51. The highest BCUT2D eigenvalue weighted by Crippen LogP contribution is 2.14. The molecule has 0 aliphatic rings. The van der Waals surface area contributed by atoms with E-state index in [0.29, 0.717) is 0 Å². The molecule has 1 heteroatoms. The SMILES string of the molecule is C#CC(N)c1ccc(C)c(C)c1. The molecule has 1 unspecified atom stereocenters. The minimum absolute atomic E-state index is 0.274. The Morgan fingerprint density at radius 2 is 2.00 bits per heavy atom. The second kappa shape index (κ2) is 3.42. The fourth-order valence-corrected chi connectivity index (χ4v) is 1.05. The summed E-state index contributed by atoms with van der Waals surface area (Å²) in [5.41, 5.74) is 9.19. The van der Waals surface area contributed by atoms with Crippen LogP contribution in [0.4, 0.5) is 0 Å². The van der Waals surface area contributed by atoms with Gasteiger partial charge in [-0.2, -0.15) is 0 Å². The molecular weight excluding hydrogens is 146 g/mol. The van der Waals surface area contributed by atoms with Crippen LogP contribution in [-0.4, -0.2) is 0 Å². The van der Waals surface area contributed by atoms with Crippen LogP contribution in [0.15, 0.2) is 18.2 Å². The van der Waals surface area contributed by atoms with Crippen molar-refractivity contribution in [3.63, 3.8) is 0 Å². The molecule has 0 spiro atoms. The van der Waals surface area contributed by atoms with Gasteiger partial charge in [0.2, 0.25) is 0 Å². The molecule has 0 fully saturated rings. The fraction of sp³-hybridized carbons (Fsp3) is 0.273. The second-order valence-corrected chi connectivity index (χ2v) is 2.99. The Bertz CT molecular complexity index is 320. The Labute approximate surface area is 73.6 Å². The lowest BCUT2D eigenvalue weighted by Gasteiger charge is -2.07. The van der Waals surface area contributed by atoms with E-state index in [4.69, 9.17) is 12.2 Å².